The van der Waals surface area contributed by atoms with Crippen molar-refractivity contribution < 1.29 is 19.2 Å². The van der Waals surface area contributed by atoms with E-state index >= 15 is 0 Å². The zero-order valence-corrected chi connectivity index (χ0v) is 25.2. The molecule has 4 aromatic rings. The summed E-state index contributed by atoms with van der Waals surface area (Å²) in [5.41, 5.74) is 4.98. The molecule has 0 bridgehead atoms. The molecule has 6 heteroatoms. The molecule has 46 heavy (non-hydrogen) atoms. The van der Waals surface area contributed by atoms with Crippen molar-refractivity contribution in [3.05, 3.63) is 166 Å². The molecule has 2 saturated heterocycles. The van der Waals surface area contributed by atoms with Gasteiger partial charge in [-0.25, -0.2) is 0 Å². The van der Waals surface area contributed by atoms with Crippen LogP contribution in [0.4, 0.5) is 0 Å². The first kappa shape index (κ1) is 30.2. The van der Waals surface area contributed by atoms with Gasteiger partial charge in [0.1, 0.15) is 0 Å². The lowest BCUT2D eigenvalue weighted by molar-refractivity contribution is -0.151. The van der Waals surface area contributed by atoms with Gasteiger partial charge in [0.2, 0.25) is 0 Å². The highest BCUT2D eigenvalue weighted by molar-refractivity contribution is 6.36. The van der Waals surface area contributed by atoms with E-state index in [9.17, 15) is 19.2 Å². The van der Waals surface area contributed by atoms with Crippen LogP contribution in [0, 0.1) is 0 Å². The topological polar surface area (TPSA) is 74.8 Å². The smallest absolute Gasteiger partial charge is 0.312 e. The number of benzene rings is 4. The molecule has 2 heterocycles. The van der Waals surface area contributed by atoms with E-state index in [2.05, 4.69) is 0 Å². The van der Waals surface area contributed by atoms with Crippen LogP contribution in [0.3, 0.4) is 0 Å². The van der Waals surface area contributed by atoms with Crippen LogP contribution in [-0.4, -0.2) is 59.4 Å². The van der Waals surface area contributed by atoms with Gasteiger partial charge in [0.05, 0.1) is 26.2 Å². The second-order valence-corrected chi connectivity index (χ2v) is 11.3. The first-order valence-electron chi connectivity index (χ1n) is 15.1. The number of ketones is 2. The number of carbonyl (C=O) groups excluding carboxylic acids is 4. The van der Waals surface area contributed by atoms with Crippen molar-refractivity contribution in [1.82, 2.24) is 9.80 Å². The van der Waals surface area contributed by atoms with E-state index in [0.717, 1.165) is 22.3 Å². The number of rotatable bonds is 4. The third-order valence-electron chi connectivity index (χ3n) is 7.93. The predicted octanol–water partition coefficient (Wildman–Crippen LogP) is 6.14. The lowest BCUT2D eigenvalue weighted by Gasteiger charge is -2.33. The number of Topliss-reactive ketones (excluding diaryl/α,β-unsaturated/α-hetero) is 2. The molecular formula is C40H32N2O4. The zero-order valence-electron chi connectivity index (χ0n) is 25.2. The van der Waals surface area contributed by atoms with E-state index in [0.29, 0.717) is 22.3 Å². The fourth-order valence-corrected chi connectivity index (χ4v) is 5.64. The van der Waals surface area contributed by atoms with E-state index in [1.165, 1.54) is 9.80 Å². The van der Waals surface area contributed by atoms with Gasteiger partial charge in [0.25, 0.3) is 0 Å². The second kappa shape index (κ2) is 13.8. The molecule has 0 spiro atoms. The summed E-state index contributed by atoms with van der Waals surface area (Å²) >= 11 is 0. The van der Waals surface area contributed by atoms with Crippen LogP contribution >= 0.6 is 0 Å². The summed E-state index contributed by atoms with van der Waals surface area (Å²) in [6, 6.07) is 37.7. The second-order valence-electron chi connectivity index (χ2n) is 11.3. The number of piperidine rings is 2. The Labute approximate surface area is 268 Å². The lowest BCUT2D eigenvalue weighted by Crippen LogP contribution is -2.52. The highest BCUT2D eigenvalue weighted by Gasteiger charge is 2.37. The van der Waals surface area contributed by atoms with Crippen molar-refractivity contribution >= 4 is 47.7 Å². The van der Waals surface area contributed by atoms with E-state index in [-0.39, 0.29) is 37.7 Å². The minimum atomic E-state index is -0.724. The summed E-state index contributed by atoms with van der Waals surface area (Å²) in [4.78, 5) is 58.0. The highest BCUT2D eigenvalue weighted by atomic mass is 16.2. The van der Waals surface area contributed by atoms with Gasteiger partial charge in [-0.2, -0.15) is 0 Å². The molecule has 0 unspecified atom stereocenters. The van der Waals surface area contributed by atoms with Crippen LogP contribution < -0.4 is 0 Å². The van der Waals surface area contributed by atoms with Crippen LogP contribution in [0.5, 0.6) is 0 Å². The SMILES string of the molecule is O=C1C(=Cc2ccccc2)CN(C(=O)C(=O)N2CC(=Cc3ccccc3)C(=O)C(=Cc3ccccc3)C2)CC1=Cc1ccccc1. The molecular weight excluding hydrogens is 572 g/mol. The Balaban J connectivity index is 1.32. The maximum atomic E-state index is 14.0. The van der Waals surface area contributed by atoms with Crippen molar-refractivity contribution in [3.63, 3.8) is 0 Å². The van der Waals surface area contributed by atoms with Crippen LogP contribution in [0.15, 0.2) is 144 Å². The number of hydrogen-bond acceptors (Lipinski definition) is 4. The normalized spacial score (nSPS) is 18.9. The lowest BCUT2D eigenvalue weighted by atomic mass is 9.93. The third kappa shape index (κ3) is 7.08. The Morgan fingerprint density at radius 3 is 0.826 bits per heavy atom. The Bertz CT molecular complexity index is 1630. The van der Waals surface area contributed by atoms with Gasteiger partial charge < -0.3 is 9.80 Å². The number of carbonyl (C=O) groups is 4. The number of hydrogen-bond donors (Lipinski definition) is 0. The average molecular weight is 605 g/mol. The molecule has 226 valence electrons. The van der Waals surface area contributed by atoms with Crippen molar-refractivity contribution in [3.8, 4) is 0 Å². The van der Waals surface area contributed by atoms with Crippen LogP contribution in [-0.2, 0) is 19.2 Å². The molecule has 2 fully saturated rings. The fraction of sp³-hybridized carbons (Fsp3) is 0.100. The van der Waals surface area contributed by atoms with Crippen LogP contribution in [0.25, 0.3) is 24.3 Å². The van der Waals surface area contributed by atoms with Crippen LogP contribution in [0.2, 0.25) is 0 Å². The molecule has 2 aliphatic rings. The van der Waals surface area contributed by atoms with Gasteiger partial charge in [-0.3, -0.25) is 19.2 Å². The Hall–Kier alpha value is -5.88. The number of likely N-dealkylation sites (tertiary alicyclic amines) is 2. The van der Waals surface area contributed by atoms with Crippen molar-refractivity contribution in [2.24, 2.45) is 0 Å². The third-order valence-corrected chi connectivity index (χ3v) is 7.93. The minimum absolute atomic E-state index is 0.00335. The maximum Gasteiger partial charge on any atom is 0.312 e. The molecule has 0 aromatic heterocycles. The number of amides is 2. The molecule has 2 amide bonds. The van der Waals surface area contributed by atoms with E-state index in [1.807, 2.05) is 121 Å². The van der Waals surface area contributed by atoms with Crippen molar-refractivity contribution in [2.75, 3.05) is 26.2 Å². The molecule has 6 nitrogen and oxygen atoms in total. The molecule has 4 aromatic carbocycles. The van der Waals surface area contributed by atoms with Gasteiger partial charge in [-0.05, 0) is 46.6 Å². The first-order valence-corrected chi connectivity index (χ1v) is 15.1. The average Bonchev–Trinajstić information content (AvgIpc) is 3.09. The Kier molecular flexibility index (Phi) is 9.07. The summed E-state index contributed by atoms with van der Waals surface area (Å²) in [6.07, 6.45) is 7.08. The highest BCUT2D eigenvalue weighted by Crippen LogP contribution is 2.25. The summed E-state index contributed by atoms with van der Waals surface area (Å²) in [6.45, 7) is -0.0134. The Morgan fingerprint density at radius 1 is 0.391 bits per heavy atom. The first-order chi connectivity index (χ1) is 22.4. The summed E-state index contributed by atoms with van der Waals surface area (Å²) in [7, 11) is 0. The molecule has 6 rings (SSSR count). The van der Waals surface area contributed by atoms with Crippen molar-refractivity contribution in [2.45, 2.75) is 0 Å². The van der Waals surface area contributed by atoms with Gasteiger partial charge in [-0.1, -0.05) is 121 Å². The van der Waals surface area contributed by atoms with Gasteiger partial charge >= 0.3 is 11.8 Å². The summed E-state index contributed by atoms with van der Waals surface area (Å²) in [5.74, 6) is -1.77. The van der Waals surface area contributed by atoms with E-state index in [4.69, 9.17) is 0 Å². The predicted molar refractivity (Wildman–Crippen MR) is 181 cm³/mol. The molecule has 2 aliphatic heterocycles. The largest absolute Gasteiger partial charge is 0.325 e. The molecule has 0 N–H and O–H groups in total. The maximum absolute atomic E-state index is 14.0. The molecule has 0 radical (unpaired) electrons. The van der Waals surface area contributed by atoms with Crippen molar-refractivity contribution in [1.29, 1.82) is 0 Å². The summed E-state index contributed by atoms with van der Waals surface area (Å²) < 4.78 is 0. The van der Waals surface area contributed by atoms with Gasteiger partial charge in [0, 0.05) is 22.3 Å². The quantitative estimate of drug-likeness (QED) is 0.207. The summed E-state index contributed by atoms with van der Waals surface area (Å²) in [5, 5.41) is 0. The molecule has 0 aliphatic carbocycles. The van der Waals surface area contributed by atoms with Gasteiger partial charge in [-0.15, -0.1) is 0 Å². The molecule has 0 atom stereocenters. The number of nitrogens with zero attached hydrogens (tertiary/aromatic N) is 2. The zero-order chi connectivity index (χ0) is 31.9. The van der Waals surface area contributed by atoms with E-state index < -0.39 is 11.8 Å². The Morgan fingerprint density at radius 2 is 0.609 bits per heavy atom. The van der Waals surface area contributed by atoms with E-state index in [1.54, 1.807) is 24.3 Å². The fourth-order valence-electron chi connectivity index (χ4n) is 5.64. The van der Waals surface area contributed by atoms with Crippen LogP contribution in [0.1, 0.15) is 22.3 Å². The minimum Gasteiger partial charge on any atom is -0.325 e. The van der Waals surface area contributed by atoms with Gasteiger partial charge in [0.15, 0.2) is 11.6 Å². The molecule has 0 saturated carbocycles. The standard InChI is InChI=1S/C40H32N2O4/c43-37-33(21-29-13-5-1-6-14-29)25-41(26-34(37)22-30-15-7-2-8-16-30)39(45)40(46)42-27-35(23-31-17-9-3-10-18-31)38(44)36(28-42)24-32-19-11-4-12-20-32/h1-24H,25-28H2. The monoisotopic (exact) mass is 604 g/mol.